The van der Waals surface area contributed by atoms with E-state index >= 15 is 0 Å². The SMILES string of the molecule is C/C=C/C=C/C(=O)[O-].NC(N)=[NH2+]. The molecule has 0 aromatic heterocycles. The summed E-state index contributed by atoms with van der Waals surface area (Å²) in [4.78, 5) is 9.64. The molecule has 0 radical (unpaired) electrons. The molecule has 0 amide bonds. The number of allylic oxidation sites excluding steroid dienone is 3. The summed E-state index contributed by atoms with van der Waals surface area (Å²) in [6.45, 7) is 1.81. The third-order valence-corrected chi connectivity index (χ3v) is 0.536. The van der Waals surface area contributed by atoms with Crippen LogP contribution in [-0.2, 0) is 4.79 Å². The molecular formula is C7H13N3O2. The van der Waals surface area contributed by atoms with E-state index in [9.17, 15) is 9.90 Å². The minimum absolute atomic E-state index is 0.0833. The second-order valence-corrected chi connectivity index (χ2v) is 1.70. The van der Waals surface area contributed by atoms with E-state index in [0.29, 0.717) is 0 Å². The van der Waals surface area contributed by atoms with Gasteiger partial charge in [0, 0.05) is 0 Å². The highest BCUT2D eigenvalue weighted by Crippen LogP contribution is 1.72. The largest absolute Gasteiger partial charge is 0.545 e. The summed E-state index contributed by atoms with van der Waals surface area (Å²) >= 11 is 0. The minimum Gasteiger partial charge on any atom is -0.545 e. The average molecular weight is 171 g/mol. The maximum atomic E-state index is 9.64. The maximum absolute atomic E-state index is 9.64. The van der Waals surface area contributed by atoms with Crippen LogP contribution in [0.5, 0.6) is 0 Å². The number of carboxylic acids is 1. The summed E-state index contributed by atoms with van der Waals surface area (Å²) in [5, 5.41) is 14.2. The summed E-state index contributed by atoms with van der Waals surface area (Å²) in [7, 11) is 0. The van der Waals surface area contributed by atoms with Crippen LogP contribution in [0.3, 0.4) is 0 Å². The van der Waals surface area contributed by atoms with E-state index < -0.39 is 5.97 Å². The fourth-order valence-electron chi connectivity index (χ4n) is 0.245. The monoisotopic (exact) mass is 171 g/mol. The van der Waals surface area contributed by atoms with Crippen LogP contribution in [0.2, 0.25) is 0 Å². The number of guanidine groups is 1. The van der Waals surface area contributed by atoms with Crippen molar-refractivity contribution < 1.29 is 15.3 Å². The van der Waals surface area contributed by atoms with Crippen LogP contribution >= 0.6 is 0 Å². The van der Waals surface area contributed by atoms with Gasteiger partial charge in [0.05, 0.1) is 5.97 Å². The molecule has 68 valence electrons. The van der Waals surface area contributed by atoms with Gasteiger partial charge in [-0.3, -0.25) is 16.9 Å². The molecule has 0 aliphatic heterocycles. The predicted molar refractivity (Wildman–Crippen MR) is 44.3 cm³/mol. The Morgan fingerprint density at radius 2 is 1.83 bits per heavy atom. The molecular weight excluding hydrogens is 158 g/mol. The molecule has 0 heterocycles. The molecule has 0 saturated heterocycles. The van der Waals surface area contributed by atoms with Gasteiger partial charge in [-0.1, -0.05) is 18.2 Å². The number of hydrogen-bond donors (Lipinski definition) is 3. The number of nitrogens with two attached hydrogens (primary N) is 3. The van der Waals surface area contributed by atoms with Gasteiger partial charge in [-0.05, 0) is 13.0 Å². The molecule has 6 N–H and O–H groups in total. The molecule has 0 atom stereocenters. The van der Waals surface area contributed by atoms with Crippen molar-refractivity contribution in [2.75, 3.05) is 0 Å². The molecule has 12 heavy (non-hydrogen) atoms. The van der Waals surface area contributed by atoms with Gasteiger partial charge in [0.15, 0.2) is 0 Å². The second-order valence-electron chi connectivity index (χ2n) is 1.70. The fraction of sp³-hybridized carbons (Fsp3) is 0.143. The Kier molecular flexibility index (Phi) is 9.88. The molecule has 0 saturated carbocycles. The first-order valence-corrected chi connectivity index (χ1v) is 3.14. The number of hydrogen-bond acceptors (Lipinski definition) is 2. The van der Waals surface area contributed by atoms with E-state index in [2.05, 4.69) is 16.9 Å². The Labute approximate surface area is 70.9 Å². The molecule has 0 bridgehead atoms. The standard InChI is InChI=1S/C6H8O2.CH5N3/c1-2-3-4-5-6(7)8;2-1(3)4/h2-5H,1H3,(H,7,8);(H5,2,3,4)/b3-2+,5-4+;. The third-order valence-electron chi connectivity index (χ3n) is 0.536. The number of carboxylic acid groups (broad SMARTS) is 1. The van der Waals surface area contributed by atoms with E-state index in [0.717, 1.165) is 6.08 Å². The molecule has 0 aromatic carbocycles. The van der Waals surface area contributed by atoms with Gasteiger partial charge in [0.25, 0.3) is 0 Å². The topological polar surface area (TPSA) is 118 Å². The van der Waals surface area contributed by atoms with Crippen molar-refractivity contribution in [2.45, 2.75) is 6.92 Å². The van der Waals surface area contributed by atoms with E-state index in [4.69, 9.17) is 0 Å². The normalized spacial score (nSPS) is 9.42. The molecule has 5 heteroatoms. The van der Waals surface area contributed by atoms with Gasteiger partial charge in [0.1, 0.15) is 0 Å². The maximum Gasteiger partial charge on any atom is 0.336 e. The van der Waals surface area contributed by atoms with Crippen molar-refractivity contribution in [3.8, 4) is 0 Å². The van der Waals surface area contributed by atoms with Crippen LogP contribution in [0.15, 0.2) is 24.3 Å². The van der Waals surface area contributed by atoms with Gasteiger partial charge in [-0.25, -0.2) is 0 Å². The summed E-state index contributed by atoms with van der Waals surface area (Å²) in [6, 6.07) is 0. The predicted octanol–water partition coefficient (Wildman–Crippen LogP) is -3.11. The van der Waals surface area contributed by atoms with Gasteiger partial charge >= 0.3 is 5.96 Å². The first-order valence-electron chi connectivity index (χ1n) is 3.14. The van der Waals surface area contributed by atoms with E-state index in [1.807, 2.05) is 0 Å². The van der Waals surface area contributed by atoms with Crippen molar-refractivity contribution in [1.82, 2.24) is 0 Å². The smallest absolute Gasteiger partial charge is 0.336 e. The number of carbonyl (C=O) groups is 1. The van der Waals surface area contributed by atoms with Crippen molar-refractivity contribution >= 4 is 11.9 Å². The van der Waals surface area contributed by atoms with Crippen molar-refractivity contribution in [2.24, 2.45) is 11.5 Å². The lowest BCUT2D eigenvalue weighted by Crippen LogP contribution is -2.51. The quantitative estimate of drug-likeness (QED) is 0.176. The highest BCUT2D eigenvalue weighted by Gasteiger charge is 1.64. The zero-order valence-electron chi connectivity index (χ0n) is 6.86. The Morgan fingerprint density at radius 1 is 1.42 bits per heavy atom. The number of carbonyl (C=O) groups excluding carboxylic acids is 1. The summed E-state index contributed by atoms with van der Waals surface area (Å²) in [5.41, 5.74) is 9.17. The lowest BCUT2D eigenvalue weighted by Gasteiger charge is -1.84. The number of rotatable bonds is 2. The van der Waals surface area contributed by atoms with Gasteiger partial charge in [-0.15, -0.1) is 0 Å². The van der Waals surface area contributed by atoms with Crippen LogP contribution in [0.25, 0.3) is 0 Å². The zero-order chi connectivity index (χ0) is 9.98. The zero-order valence-corrected chi connectivity index (χ0v) is 6.86. The summed E-state index contributed by atoms with van der Waals surface area (Å²) in [6.07, 6.45) is 5.74. The van der Waals surface area contributed by atoms with Crippen LogP contribution < -0.4 is 22.0 Å². The van der Waals surface area contributed by atoms with E-state index in [-0.39, 0.29) is 5.96 Å². The Morgan fingerprint density at radius 3 is 2.08 bits per heavy atom. The average Bonchev–Trinajstić information content (AvgIpc) is 1.86. The van der Waals surface area contributed by atoms with Crippen LogP contribution in [0.4, 0.5) is 0 Å². The molecule has 0 rings (SSSR count). The van der Waals surface area contributed by atoms with Crippen molar-refractivity contribution in [3.05, 3.63) is 24.3 Å². The highest BCUT2D eigenvalue weighted by atomic mass is 16.4. The molecule has 0 aliphatic rings. The van der Waals surface area contributed by atoms with Crippen LogP contribution in [0.1, 0.15) is 6.92 Å². The fourth-order valence-corrected chi connectivity index (χ4v) is 0.245. The lowest BCUT2D eigenvalue weighted by molar-refractivity contribution is -0.297. The molecule has 0 fully saturated rings. The lowest BCUT2D eigenvalue weighted by atomic mass is 10.4. The Balaban J connectivity index is 0. The molecule has 0 unspecified atom stereocenters. The first-order chi connectivity index (χ1) is 5.50. The van der Waals surface area contributed by atoms with Gasteiger partial charge in [0.2, 0.25) is 0 Å². The van der Waals surface area contributed by atoms with E-state index in [1.165, 1.54) is 6.08 Å². The molecule has 0 aromatic rings. The van der Waals surface area contributed by atoms with Crippen molar-refractivity contribution in [1.29, 1.82) is 0 Å². The molecule has 0 spiro atoms. The Bertz CT molecular complexity index is 193. The minimum atomic E-state index is -1.16. The molecule has 5 nitrogen and oxygen atoms in total. The summed E-state index contributed by atoms with van der Waals surface area (Å²) in [5.74, 6) is -1.25. The van der Waals surface area contributed by atoms with Gasteiger partial charge < -0.3 is 9.90 Å². The third kappa shape index (κ3) is 41.3. The number of aliphatic carboxylic acids is 1. The van der Waals surface area contributed by atoms with E-state index in [1.54, 1.807) is 19.1 Å². The second kappa shape index (κ2) is 9.22. The van der Waals surface area contributed by atoms with Crippen LogP contribution in [-0.4, -0.2) is 11.9 Å². The molecule has 0 aliphatic carbocycles. The first kappa shape index (κ1) is 12.9. The van der Waals surface area contributed by atoms with Crippen LogP contribution in [0, 0.1) is 0 Å². The summed E-state index contributed by atoms with van der Waals surface area (Å²) < 4.78 is 0. The Hall–Kier alpha value is -1.78. The van der Waals surface area contributed by atoms with Crippen molar-refractivity contribution in [3.63, 3.8) is 0 Å². The highest BCUT2D eigenvalue weighted by molar-refractivity contribution is 5.77. The van der Waals surface area contributed by atoms with Gasteiger partial charge in [-0.2, -0.15) is 0 Å².